The molecule has 0 amide bonds. The molecule has 2 aliphatic rings. The molecule has 110 valence electrons. The summed E-state index contributed by atoms with van der Waals surface area (Å²) in [6.45, 7) is 0.354. The van der Waals surface area contributed by atoms with Crippen molar-refractivity contribution in [1.82, 2.24) is 14.8 Å². The SMILES string of the molecule is Nc1ncn(CC(=O)OCC2CCC3(CCCC3)O2)n1. The van der Waals surface area contributed by atoms with Crippen LogP contribution in [0.3, 0.4) is 0 Å². The van der Waals surface area contributed by atoms with Crippen LogP contribution >= 0.6 is 0 Å². The number of nitrogen functional groups attached to an aromatic ring is 1. The van der Waals surface area contributed by atoms with E-state index in [0.29, 0.717) is 6.61 Å². The molecular formula is C13H20N4O3. The van der Waals surface area contributed by atoms with Gasteiger partial charge in [0.25, 0.3) is 0 Å². The van der Waals surface area contributed by atoms with Gasteiger partial charge in [-0.05, 0) is 25.7 Å². The van der Waals surface area contributed by atoms with Gasteiger partial charge in [0.2, 0.25) is 5.95 Å². The summed E-state index contributed by atoms with van der Waals surface area (Å²) in [6.07, 6.45) is 8.32. The average molecular weight is 280 g/mol. The van der Waals surface area contributed by atoms with Crippen LogP contribution in [0.5, 0.6) is 0 Å². The number of hydrogen-bond acceptors (Lipinski definition) is 6. The number of esters is 1. The van der Waals surface area contributed by atoms with Gasteiger partial charge in [0.15, 0.2) is 0 Å². The minimum absolute atomic E-state index is 0.0298. The van der Waals surface area contributed by atoms with Crippen molar-refractivity contribution >= 4 is 11.9 Å². The number of carbonyl (C=O) groups is 1. The molecule has 7 nitrogen and oxygen atoms in total. The predicted octanol–water partition coefficient (Wildman–Crippen LogP) is 0.895. The van der Waals surface area contributed by atoms with E-state index in [1.807, 2.05) is 0 Å². The zero-order chi connectivity index (χ0) is 14.0. The highest BCUT2D eigenvalue weighted by molar-refractivity contribution is 5.69. The molecule has 1 aliphatic heterocycles. The van der Waals surface area contributed by atoms with Crippen LogP contribution in [-0.4, -0.2) is 39.0 Å². The summed E-state index contributed by atoms with van der Waals surface area (Å²) in [7, 11) is 0. The van der Waals surface area contributed by atoms with E-state index in [2.05, 4.69) is 10.1 Å². The highest BCUT2D eigenvalue weighted by Gasteiger charge is 2.42. The number of carbonyl (C=O) groups excluding carboxylic acids is 1. The Balaban J connectivity index is 1.42. The third kappa shape index (κ3) is 2.92. The van der Waals surface area contributed by atoms with Gasteiger partial charge in [-0.3, -0.25) is 4.79 Å². The molecule has 1 unspecified atom stereocenters. The van der Waals surface area contributed by atoms with Gasteiger partial charge in [-0.1, -0.05) is 12.8 Å². The highest BCUT2D eigenvalue weighted by atomic mass is 16.6. The molecule has 3 rings (SSSR count). The van der Waals surface area contributed by atoms with Crippen LogP contribution in [-0.2, 0) is 20.8 Å². The maximum Gasteiger partial charge on any atom is 0.327 e. The number of nitrogens with zero attached hydrogens (tertiary/aromatic N) is 3. The lowest BCUT2D eigenvalue weighted by Crippen LogP contribution is -2.27. The minimum atomic E-state index is -0.342. The molecule has 20 heavy (non-hydrogen) atoms. The predicted molar refractivity (Wildman–Crippen MR) is 70.7 cm³/mol. The first-order valence-electron chi connectivity index (χ1n) is 7.14. The lowest BCUT2D eigenvalue weighted by atomic mass is 9.98. The second-order valence-corrected chi connectivity index (χ2v) is 5.65. The molecule has 1 atom stereocenters. The summed E-state index contributed by atoms with van der Waals surface area (Å²) in [5, 5.41) is 3.84. The largest absolute Gasteiger partial charge is 0.462 e. The Kier molecular flexibility index (Phi) is 3.60. The average Bonchev–Trinajstić information content (AvgIpc) is 3.12. The summed E-state index contributed by atoms with van der Waals surface area (Å²) in [4.78, 5) is 15.4. The fourth-order valence-corrected chi connectivity index (χ4v) is 3.15. The maximum absolute atomic E-state index is 11.7. The Morgan fingerprint density at radius 1 is 1.50 bits per heavy atom. The number of nitrogens with two attached hydrogens (primary N) is 1. The Labute approximate surface area is 117 Å². The molecular weight excluding hydrogens is 260 g/mol. The van der Waals surface area contributed by atoms with Crippen molar-refractivity contribution in [3.63, 3.8) is 0 Å². The Hall–Kier alpha value is -1.63. The first-order valence-corrected chi connectivity index (χ1v) is 7.14. The smallest absolute Gasteiger partial charge is 0.327 e. The molecule has 1 saturated carbocycles. The van der Waals surface area contributed by atoms with Crippen LogP contribution in [0.1, 0.15) is 38.5 Å². The van der Waals surface area contributed by atoms with Gasteiger partial charge < -0.3 is 15.2 Å². The van der Waals surface area contributed by atoms with Crippen molar-refractivity contribution in [2.24, 2.45) is 0 Å². The van der Waals surface area contributed by atoms with Crippen molar-refractivity contribution in [2.75, 3.05) is 12.3 Å². The molecule has 0 bridgehead atoms. The van der Waals surface area contributed by atoms with Gasteiger partial charge >= 0.3 is 5.97 Å². The van der Waals surface area contributed by atoms with Crippen LogP contribution in [0, 0.1) is 0 Å². The molecule has 1 aromatic heterocycles. The molecule has 1 aliphatic carbocycles. The third-order valence-electron chi connectivity index (χ3n) is 4.13. The fraction of sp³-hybridized carbons (Fsp3) is 0.769. The summed E-state index contributed by atoms with van der Waals surface area (Å²) >= 11 is 0. The van der Waals surface area contributed by atoms with Crippen LogP contribution in [0.4, 0.5) is 5.95 Å². The van der Waals surface area contributed by atoms with Crippen LogP contribution in [0.25, 0.3) is 0 Å². The molecule has 0 radical (unpaired) electrons. The van der Waals surface area contributed by atoms with Crippen LogP contribution in [0.2, 0.25) is 0 Å². The summed E-state index contributed by atoms with van der Waals surface area (Å²) in [5.41, 5.74) is 5.46. The monoisotopic (exact) mass is 280 g/mol. The lowest BCUT2D eigenvalue weighted by molar-refractivity contribution is -0.150. The van der Waals surface area contributed by atoms with E-state index < -0.39 is 0 Å². The molecule has 7 heteroatoms. The Morgan fingerprint density at radius 2 is 2.30 bits per heavy atom. The normalized spacial score (nSPS) is 24.3. The molecule has 0 aromatic carbocycles. The molecule has 1 saturated heterocycles. The van der Waals surface area contributed by atoms with Crippen LogP contribution < -0.4 is 5.73 Å². The van der Waals surface area contributed by atoms with Crippen molar-refractivity contribution < 1.29 is 14.3 Å². The zero-order valence-corrected chi connectivity index (χ0v) is 11.5. The first-order chi connectivity index (χ1) is 9.65. The van der Waals surface area contributed by atoms with E-state index >= 15 is 0 Å². The van der Waals surface area contributed by atoms with Gasteiger partial charge in [-0.25, -0.2) is 9.67 Å². The number of ether oxygens (including phenoxy) is 2. The molecule has 1 aromatic rings. The minimum Gasteiger partial charge on any atom is -0.462 e. The number of rotatable bonds is 4. The van der Waals surface area contributed by atoms with Gasteiger partial charge in [-0.2, -0.15) is 0 Å². The molecule has 2 heterocycles. The second kappa shape index (κ2) is 5.40. The first kappa shape index (κ1) is 13.4. The Morgan fingerprint density at radius 3 is 3.00 bits per heavy atom. The van der Waals surface area contributed by atoms with Crippen molar-refractivity contribution in [3.8, 4) is 0 Å². The number of aromatic nitrogens is 3. The van der Waals surface area contributed by atoms with Crippen LogP contribution in [0.15, 0.2) is 6.33 Å². The maximum atomic E-state index is 11.7. The highest BCUT2D eigenvalue weighted by Crippen LogP contribution is 2.43. The quantitative estimate of drug-likeness (QED) is 0.824. The van der Waals surface area contributed by atoms with Gasteiger partial charge in [0.05, 0.1) is 11.7 Å². The van der Waals surface area contributed by atoms with E-state index in [1.165, 1.54) is 23.9 Å². The summed E-state index contributed by atoms with van der Waals surface area (Å²) < 4.78 is 12.7. The standard InChI is InChI=1S/C13H20N4O3/c14-12-15-9-17(16-12)7-11(18)19-8-10-3-6-13(20-10)4-1-2-5-13/h9-10H,1-8H2,(H2,14,16). The molecule has 2 N–H and O–H groups in total. The Bertz CT molecular complexity index is 482. The van der Waals surface area contributed by atoms with E-state index in [9.17, 15) is 4.79 Å². The second-order valence-electron chi connectivity index (χ2n) is 5.65. The van der Waals surface area contributed by atoms with Gasteiger partial charge in [0, 0.05) is 0 Å². The molecule has 2 fully saturated rings. The summed E-state index contributed by atoms with van der Waals surface area (Å²) in [6, 6.07) is 0. The van der Waals surface area contributed by atoms with E-state index in [1.54, 1.807) is 0 Å². The van der Waals surface area contributed by atoms with Gasteiger partial charge in [-0.15, -0.1) is 5.10 Å². The number of anilines is 1. The van der Waals surface area contributed by atoms with E-state index in [4.69, 9.17) is 15.2 Å². The summed E-state index contributed by atoms with van der Waals surface area (Å²) in [5.74, 6) is -0.189. The van der Waals surface area contributed by atoms with Crippen molar-refractivity contribution in [3.05, 3.63) is 6.33 Å². The van der Waals surface area contributed by atoms with Crippen molar-refractivity contribution in [2.45, 2.75) is 56.8 Å². The van der Waals surface area contributed by atoms with Gasteiger partial charge in [0.1, 0.15) is 19.5 Å². The zero-order valence-electron chi connectivity index (χ0n) is 11.5. The third-order valence-corrected chi connectivity index (χ3v) is 4.13. The lowest BCUT2D eigenvalue weighted by Gasteiger charge is -2.23. The van der Waals surface area contributed by atoms with E-state index in [-0.39, 0.29) is 30.2 Å². The fourth-order valence-electron chi connectivity index (χ4n) is 3.15. The number of hydrogen-bond donors (Lipinski definition) is 1. The molecule has 1 spiro atoms. The van der Waals surface area contributed by atoms with Crippen molar-refractivity contribution in [1.29, 1.82) is 0 Å². The van der Waals surface area contributed by atoms with E-state index in [0.717, 1.165) is 25.7 Å². The topological polar surface area (TPSA) is 92.3 Å².